The summed E-state index contributed by atoms with van der Waals surface area (Å²) < 4.78 is 10.8. The van der Waals surface area contributed by atoms with Gasteiger partial charge in [-0.2, -0.15) is 0 Å². The Morgan fingerprint density at radius 1 is 1.10 bits per heavy atom. The van der Waals surface area contributed by atoms with Gasteiger partial charge in [-0.05, 0) is 67.9 Å². The molecule has 1 aliphatic heterocycles. The molecule has 0 unspecified atom stereocenters. The van der Waals surface area contributed by atoms with Crippen molar-refractivity contribution in [3.63, 3.8) is 0 Å². The van der Waals surface area contributed by atoms with Crippen LogP contribution in [0.4, 0.5) is 5.69 Å². The second kappa shape index (κ2) is 11.1. The summed E-state index contributed by atoms with van der Waals surface area (Å²) in [6.45, 7) is 7.63. The number of anilines is 1. The average molecular weight is 432 g/mol. The molecule has 3 rings (SSSR count). The van der Waals surface area contributed by atoms with Crippen LogP contribution in [0.2, 0.25) is 5.02 Å². The number of methoxy groups -OCH3 is 1. The largest absolute Gasteiger partial charge is 0.497 e. The number of hydrogen-bond donors (Lipinski definition) is 1. The van der Waals surface area contributed by atoms with Gasteiger partial charge >= 0.3 is 0 Å². The van der Waals surface area contributed by atoms with E-state index in [0.717, 1.165) is 50.5 Å². The minimum absolute atomic E-state index is 0.0169. The highest BCUT2D eigenvalue weighted by atomic mass is 35.5. The minimum Gasteiger partial charge on any atom is -0.497 e. The summed E-state index contributed by atoms with van der Waals surface area (Å²) in [5.41, 5.74) is 2.16. The van der Waals surface area contributed by atoms with Gasteiger partial charge in [0.2, 0.25) is 0 Å². The van der Waals surface area contributed by atoms with Crippen molar-refractivity contribution in [2.24, 2.45) is 0 Å². The molecule has 2 aromatic rings. The van der Waals surface area contributed by atoms with E-state index in [-0.39, 0.29) is 12.5 Å². The van der Waals surface area contributed by atoms with E-state index in [0.29, 0.717) is 17.3 Å². The maximum atomic E-state index is 12.0. The molecule has 1 saturated heterocycles. The van der Waals surface area contributed by atoms with Gasteiger partial charge in [-0.25, -0.2) is 0 Å². The number of amides is 1. The minimum atomic E-state index is -0.103. The van der Waals surface area contributed by atoms with E-state index in [1.54, 1.807) is 19.2 Å². The van der Waals surface area contributed by atoms with E-state index < -0.39 is 0 Å². The Labute approximate surface area is 183 Å². The lowest BCUT2D eigenvalue weighted by Crippen LogP contribution is -2.47. The fourth-order valence-electron chi connectivity index (χ4n) is 3.52. The number of piperazine rings is 1. The summed E-state index contributed by atoms with van der Waals surface area (Å²) >= 11 is 5.93. The van der Waals surface area contributed by atoms with E-state index in [9.17, 15) is 4.79 Å². The monoisotopic (exact) mass is 431 g/mol. The highest BCUT2D eigenvalue weighted by Gasteiger charge is 2.17. The molecule has 7 heteroatoms. The zero-order valence-electron chi connectivity index (χ0n) is 17.7. The van der Waals surface area contributed by atoms with Crippen LogP contribution < -0.4 is 19.7 Å². The number of aryl methyl sites for hydroxylation is 1. The van der Waals surface area contributed by atoms with Crippen LogP contribution in [-0.4, -0.2) is 63.8 Å². The third-order valence-electron chi connectivity index (χ3n) is 5.28. The number of ether oxygens (including phenoxy) is 2. The Morgan fingerprint density at radius 2 is 1.83 bits per heavy atom. The molecule has 0 saturated carbocycles. The smallest absolute Gasteiger partial charge is 0.257 e. The van der Waals surface area contributed by atoms with Crippen LogP contribution in [0.15, 0.2) is 42.5 Å². The standard InChI is InChI=1S/C23H30ClN3O3/c1-18-16-19(24)4-9-22(18)30-17-23(28)25-10-3-11-26-12-14-27(15-13-26)20-5-7-21(29-2)8-6-20/h4-9,16H,3,10-15,17H2,1-2H3,(H,25,28). The number of rotatable bonds is 9. The summed E-state index contributed by atoms with van der Waals surface area (Å²) in [5, 5.41) is 3.59. The van der Waals surface area contributed by atoms with Gasteiger partial charge in [0.05, 0.1) is 7.11 Å². The molecule has 1 heterocycles. The highest BCUT2D eigenvalue weighted by molar-refractivity contribution is 6.30. The molecule has 2 aromatic carbocycles. The van der Waals surface area contributed by atoms with Crippen LogP contribution in [0.3, 0.4) is 0 Å². The van der Waals surface area contributed by atoms with Crippen LogP contribution in [0.25, 0.3) is 0 Å². The predicted octanol–water partition coefficient (Wildman–Crippen LogP) is 3.36. The Bertz CT molecular complexity index is 821. The summed E-state index contributed by atoms with van der Waals surface area (Å²) in [4.78, 5) is 16.8. The van der Waals surface area contributed by atoms with Gasteiger partial charge in [0, 0.05) is 43.4 Å². The topological polar surface area (TPSA) is 54.0 Å². The second-order valence-corrected chi connectivity index (χ2v) is 7.87. The molecule has 162 valence electrons. The van der Waals surface area contributed by atoms with Crippen LogP contribution in [0.5, 0.6) is 11.5 Å². The number of nitrogens with one attached hydrogen (secondary N) is 1. The van der Waals surface area contributed by atoms with Crippen molar-refractivity contribution in [3.8, 4) is 11.5 Å². The van der Waals surface area contributed by atoms with Crippen molar-refractivity contribution in [1.29, 1.82) is 0 Å². The zero-order valence-corrected chi connectivity index (χ0v) is 18.5. The van der Waals surface area contributed by atoms with Crippen LogP contribution in [-0.2, 0) is 4.79 Å². The van der Waals surface area contributed by atoms with Crippen molar-refractivity contribution >= 4 is 23.2 Å². The van der Waals surface area contributed by atoms with Gasteiger partial charge in [0.25, 0.3) is 5.91 Å². The summed E-state index contributed by atoms with van der Waals surface area (Å²) in [7, 11) is 1.68. The molecule has 1 N–H and O–H groups in total. The zero-order chi connectivity index (χ0) is 21.3. The Balaban J connectivity index is 1.29. The maximum absolute atomic E-state index is 12.0. The molecule has 0 spiro atoms. The summed E-state index contributed by atoms with van der Waals surface area (Å²) in [6.07, 6.45) is 0.925. The van der Waals surface area contributed by atoms with Gasteiger partial charge in [-0.1, -0.05) is 11.6 Å². The highest BCUT2D eigenvalue weighted by Crippen LogP contribution is 2.22. The molecule has 1 aliphatic rings. The lowest BCUT2D eigenvalue weighted by Gasteiger charge is -2.36. The predicted molar refractivity (Wildman–Crippen MR) is 121 cm³/mol. The molecule has 0 bridgehead atoms. The molecule has 0 aromatic heterocycles. The number of halogens is 1. The number of carbonyl (C=O) groups excluding carboxylic acids is 1. The quantitative estimate of drug-likeness (QED) is 0.617. The SMILES string of the molecule is COc1ccc(N2CCN(CCCNC(=O)COc3ccc(Cl)cc3C)CC2)cc1. The fourth-order valence-corrected chi connectivity index (χ4v) is 3.75. The van der Waals surface area contributed by atoms with Crippen LogP contribution >= 0.6 is 11.6 Å². The molecular weight excluding hydrogens is 402 g/mol. The summed E-state index contributed by atoms with van der Waals surface area (Å²) in [5.74, 6) is 1.46. The van der Waals surface area contributed by atoms with E-state index in [2.05, 4.69) is 27.2 Å². The third-order valence-corrected chi connectivity index (χ3v) is 5.51. The molecule has 30 heavy (non-hydrogen) atoms. The normalized spacial score (nSPS) is 14.4. The van der Waals surface area contributed by atoms with Gasteiger partial charge in [-0.15, -0.1) is 0 Å². The molecule has 1 fully saturated rings. The van der Waals surface area contributed by atoms with Crippen molar-refractivity contribution in [1.82, 2.24) is 10.2 Å². The van der Waals surface area contributed by atoms with E-state index in [4.69, 9.17) is 21.1 Å². The van der Waals surface area contributed by atoms with Gasteiger partial charge in [0.15, 0.2) is 6.61 Å². The van der Waals surface area contributed by atoms with E-state index in [1.165, 1.54) is 5.69 Å². The first-order valence-corrected chi connectivity index (χ1v) is 10.7. The maximum Gasteiger partial charge on any atom is 0.257 e. The molecule has 6 nitrogen and oxygen atoms in total. The molecule has 0 aliphatic carbocycles. The summed E-state index contributed by atoms with van der Waals surface area (Å²) in [6, 6.07) is 13.6. The first-order valence-electron chi connectivity index (χ1n) is 10.3. The first-order chi connectivity index (χ1) is 14.5. The number of benzene rings is 2. The van der Waals surface area contributed by atoms with Crippen LogP contribution in [0.1, 0.15) is 12.0 Å². The lowest BCUT2D eigenvalue weighted by atomic mass is 10.2. The molecule has 1 amide bonds. The Morgan fingerprint density at radius 3 is 2.50 bits per heavy atom. The van der Waals surface area contributed by atoms with Crippen molar-refractivity contribution in [2.45, 2.75) is 13.3 Å². The van der Waals surface area contributed by atoms with E-state index >= 15 is 0 Å². The average Bonchev–Trinajstić information content (AvgIpc) is 2.76. The molecule has 0 atom stereocenters. The fraction of sp³-hybridized carbons (Fsp3) is 0.435. The Hall–Kier alpha value is -2.44. The van der Waals surface area contributed by atoms with Gasteiger partial charge in [-0.3, -0.25) is 9.69 Å². The lowest BCUT2D eigenvalue weighted by molar-refractivity contribution is -0.123. The van der Waals surface area contributed by atoms with Crippen LogP contribution in [0, 0.1) is 6.92 Å². The number of hydrogen-bond acceptors (Lipinski definition) is 5. The third kappa shape index (κ3) is 6.54. The molecule has 0 radical (unpaired) electrons. The molecular formula is C23H30ClN3O3. The van der Waals surface area contributed by atoms with Crippen molar-refractivity contribution in [2.75, 3.05) is 57.9 Å². The van der Waals surface area contributed by atoms with Gasteiger partial charge in [0.1, 0.15) is 11.5 Å². The Kier molecular flexibility index (Phi) is 8.22. The number of nitrogens with zero attached hydrogens (tertiary/aromatic N) is 2. The number of carbonyl (C=O) groups is 1. The first kappa shape index (κ1) is 22.2. The second-order valence-electron chi connectivity index (χ2n) is 7.43. The van der Waals surface area contributed by atoms with Crippen molar-refractivity contribution < 1.29 is 14.3 Å². The van der Waals surface area contributed by atoms with Gasteiger partial charge < -0.3 is 19.7 Å². The van der Waals surface area contributed by atoms with Crippen molar-refractivity contribution in [3.05, 3.63) is 53.1 Å². The van der Waals surface area contributed by atoms with E-state index in [1.807, 2.05) is 25.1 Å².